The van der Waals surface area contributed by atoms with E-state index in [4.69, 9.17) is 14.3 Å². The minimum Gasteiger partial charge on any atom is -0.384 e. The van der Waals surface area contributed by atoms with Gasteiger partial charge in [-0.2, -0.15) is 0 Å². The maximum absolute atomic E-state index is 10.8. The molecule has 0 saturated heterocycles. The third-order valence-electron chi connectivity index (χ3n) is 3.70. The zero-order valence-corrected chi connectivity index (χ0v) is 12.1. The molecule has 3 unspecified atom stereocenters. The number of non-ortho nitro benzene ring substituents is 1. The Morgan fingerprint density at radius 1 is 1.33 bits per heavy atom. The first kappa shape index (κ1) is 11.6. The summed E-state index contributed by atoms with van der Waals surface area (Å²) >= 11 is 5.98. The van der Waals surface area contributed by atoms with E-state index in [0.717, 1.165) is 11.1 Å². The summed E-state index contributed by atoms with van der Waals surface area (Å²) in [5, 5.41) is 14.4. The monoisotopic (exact) mass is 304 g/mol. The van der Waals surface area contributed by atoms with Crippen molar-refractivity contribution in [3.05, 3.63) is 68.7 Å². The molecule has 1 heterocycles. The Labute approximate surface area is 130 Å². The molecule has 0 amide bonds. The summed E-state index contributed by atoms with van der Waals surface area (Å²) in [5.41, 5.74) is 1.33. The molecule has 0 spiro atoms. The van der Waals surface area contributed by atoms with Crippen molar-refractivity contribution < 1.29 is 7.66 Å². The van der Waals surface area contributed by atoms with Gasteiger partial charge in [-0.3, -0.25) is 10.1 Å². The average Bonchev–Trinajstić information content (AvgIpc) is 2.52. The molecule has 1 N–H and O–H groups in total. The lowest BCUT2D eigenvalue weighted by Gasteiger charge is -2.36. The number of nitrogens with zero attached hydrogens (tertiary/aromatic N) is 1. The van der Waals surface area contributed by atoms with Crippen LogP contribution in [0, 0.1) is 10.1 Å². The van der Waals surface area contributed by atoms with E-state index in [-0.39, 0.29) is 5.69 Å². The quantitative estimate of drug-likeness (QED) is 0.669. The largest absolute Gasteiger partial charge is 0.384 e. The molecule has 0 bridgehead atoms. The number of rotatable bonds is 2. The number of nitro groups is 1. The van der Waals surface area contributed by atoms with Gasteiger partial charge in [-0.15, -0.1) is 0 Å². The summed E-state index contributed by atoms with van der Waals surface area (Å²) in [7, 11) is 0. The van der Waals surface area contributed by atoms with Crippen molar-refractivity contribution in [2.75, 3.05) is 11.8 Å². The zero-order chi connectivity index (χ0) is 16.8. The molecule has 2 aromatic carbocycles. The molecule has 2 aromatic rings. The van der Waals surface area contributed by atoms with Gasteiger partial charge in [0.05, 0.1) is 4.92 Å². The van der Waals surface area contributed by atoms with Crippen LogP contribution in [0.5, 0.6) is 0 Å². The fraction of sp³-hybridized carbons (Fsp3) is 0.250. The van der Waals surface area contributed by atoms with Gasteiger partial charge in [0, 0.05) is 37.5 Å². The Balaban J connectivity index is 2.06. The predicted molar refractivity (Wildman–Crippen MR) is 84.1 cm³/mol. The van der Waals surface area contributed by atoms with Crippen molar-refractivity contribution in [1.29, 1.82) is 0 Å². The average molecular weight is 305 g/mol. The molecule has 0 radical (unpaired) electrons. The number of fused-ring (bicyclic) bond motifs is 1. The van der Waals surface area contributed by atoms with Gasteiger partial charge in [0.25, 0.3) is 5.69 Å². The molecule has 5 heteroatoms. The van der Waals surface area contributed by atoms with Gasteiger partial charge in [-0.25, -0.2) is 0 Å². The summed E-state index contributed by atoms with van der Waals surface area (Å²) in [5.74, 6) is 0. The standard InChI is InChI=1S/C16H15ClN2O2/c1-16(12-3-6-14(7-4-12)19(20)21)9-11-2-5-13(17)8-15(11)18-10-16/h2-8,18H,9-10H2,1H3/i9D,10D. The van der Waals surface area contributed by atoms with Crippen molar-refractivity contribution >= 4 is 23.0 Å². The topological polar surface area (TPSA) is 55.2 Å². The van der Waals surface area contributed by atoms with Crippen molar-refractivity contribution in [2.45, 2.75) is 18.7 Å². The second kappa shape index (κ2) is 5.04. The van der Waals surface area contributed by atoms with E-state index in [2.05, 4.69) is 5.32 Å². The summed E-state index contributed by atoms with van der Waals surface area (Å²) in [6.45, 7) is 1.06. The minimum absolute atomic E-state index is 0.00337. The Morgan fingerprint density at radius 3 is 2.71 bits per heavy atom. The number of hydrogen-bond donors (Lipinski definition) is 1. The molecule has 1 aliphatic rings. The van der Waals surface area contributed by atoms with E-state index in [9.17, 15) is 10.1 Å². The maximum atomic E-state index is 10.8. The van der Waals surface area contributed by atoms with Crippen molar-refractivity contribution in [1.82, 2.24) is 0 Å². The normalized spacial score (nSPS) is 28.9. The van der Waals surface area contributed by atoms with Crippen molar-refractivity contribution in [3.8, 4) is 0 Å². The summed E-state index contributed by atoms with van der Waals surface area (Å²) in [6.07, 6.45) is -0.681. The maximum Gasteiger partial charge on any atom is 0.269 e. The number of anilines is 1. The van der Waals surface area contributed by atoms with Gasteiger partial charge in [0.2, 0.25) is 0 Å². The highest BCUT2D eigenvalue weighted by molar-refractivity contribution is 6.30. The summed E-state index contributed by atoms with van der Waals surface area (Å²) in [4.78, 5) is 10.3. The number of nitrogens with one attached hydrogen (secondary N) is 1. The first-order valence-corrected chi connectivity index (χ1v) is 6.87. The number of benzene rings is 2. The highest BCUT2D eigenvalue weighted by Crippen LogP contribution is 2.37. The van der Waals surface area contributed by atoms with Crippen LogP contribution in [0.2, 0.25) is 5.02 Å². The van der Waals surface area contributed by atoms with Crippen LogP contribution in [-0.4, -0.2) is 11.4 Å². The predicted octanol–water partition coefficient (Wildman–Crippen LogP) is 4.17. The zero-order valence-electron chi connectivity index (χ0n) is 13.3. The van der Waals surface area contributed by atoms with Gasteiger partial charge in [0.15, 0.2) is 0 Å². The number of nitro benzene ring substituents is 1. The van der Waals surface area contributed by atoms with Crippen LogP contribution in [0.3, 0.4) is 0 Å². The first-order valence-electron chi connectivity index (χ1n) is 7.65. The minimum atomic E-state index is -0.837. The van der Waals surface area contributed by atoms with E-state index in [1.54, 1.807) is 30.3 Å². The lowest BCUT2D eigenvalue weighted by molar-refractivity contribution is -0.384. The molecule has 4 nitrogen and oxygen atoms in total. The summed E-state index contributed by atoms with van der Waals surface area (Å²) < 4.78 is 17.1. The molecule has 3 atom stereocenters. The van der Waals surface area contributed by atoms with E-state index in [1.165, 1.54) is 12.1 Å². The Kier molecular flexibility index (Phi) is 2.78. The first-order chi connectivity index (χ1) is 10.8. The fourth-order valence-corrected chi connectivity index (χ4v) is 2.65. The van der Waals surface area contributed by atoms with E-state index >= 15 is 0 Å². The SMILES string of the molecule is [2H]C1Nc2cc(Cl)ccc2C([2H])C1(C)c1ccc([N+](=O)[O-])cc1. The highest BCUT2D eigenvalue weighted by Gasteiger charge is 2.31. The van der Waals surface area contributed by atoms with Gasteiger partial charge in [-0.05, 0) is 29.7 Å². The smallest absolute Gasteiger partial charge is 0.269 e. The fourth-order valence-electron chi connectivity index (χ4n) is 2.48. The molecule has 0 aromatic heterocycles. The Bertz CT molecular complexity index is 769. The second-order valence-corrected chi connectivity index (χ2v) is 5.69. The van der Waals surface area contributed by atoms with Gasteiger partial charge < -0.3 is 5.32 Å². The van der Waals surface area contributed by atoms with Crippen LogP contribution in [0.25, 0.3) is 0 Å². The molecule has 108 valence electrons. The van der Waals surface area contributed by atoms with Crippen LogP contribution < -0.4 is 5.32 Å². The van der Waals surface area contributed by atoms with E-state index in [1.807, 2.05) is 6.92 Å². The molecular formula is C16H15ClN2O2. The van der Waals surface area contributed by atoms with Crippen molar-refractivity contribution in [2.24, 2.45) is 0 Å². The van der Waals surface area contributed by atoms with E-state index < -0.39 is 23.3 Å². The van der Waals surface area contributed by atoms with Gasteiger partial charge >= 0.3 is 0 Å². The molecular weight excluding hydrogens is 288 g/mol. The number of hydrogen-bond acceptors (Lipinski definition) is 3. The molecule has 3 rings (SSSR count). The highest BCUT2D eigenvalue weighted by atomic mass is 35.5. The lowest BCUT2D eigenvalue weighted by atomic mass is 9.75. The molecule has 0 saturated carbocycles. The third kappa shape index (κ3) is 2.59. The van der Waals surface area contributed by atoms with Crippen LogP contribution in [0.1, 0.15) is 20.8 Å². The Morgan fingerprint density at radius 2 is 2.05 bits per heavy atom. The van der Waals surface area contributed by atoms with Gasteiger partial charge in [0.1, 0.15) is 0 Å². The van der Waals surface area contributed by atoms with Crippen molar-refractivity contribution in [3.63, 3.8) is 0 Å². The number of halogens is 1. The molecule has 1 aliphatic heterocycles. The second-order valence-electron chi connectivity index (χ2n) is 5.25. The molecule has 0 aliphatic carbocycles. The van der Waals surface area contributed by atoms with Crippen LogP contribution in [0.4, 0.5) is 11.4 Å². The third-order valence-corrected chi connectivity index (χ3v) is 3.93. The van der Waals surface area contributed by atoms with Crippen LogP contribution in [0.15, 0.2) is 42.5 Å². The van der Waals surface area contributed by atoms with Crippen LogP contribution in [-0.2, 0) is 11.8 Å². The van der Waals surface area contributed by atoms with Gasteiger partial charge in [-0.1, -0.05) is 36.7 Å². The molecule has 0 fully saturated rings. The Hall–Kier alpha value is -2.07. The lowest BCUT2D eigenvalue weighted by Crippen LogP contribution is -2.37. The van der Waals surface area contributed by atoms with Crippen LogP contribution >= 0.6 is 11.6 Å². The van der Waals surface area contributed by atoms with E-state index in [0.29, 0.717) is 10.7 Å². The molecule has 21 heavy (non-hydrogen) atoms. The summed E-state index contributed by atoms with van der Waals surface area (Å²) in [6, 6.07) is 11.3.